The smallest absolute Gasteiger partial charge is 0.222 e. The van der Waals surface area contributed by atoms with Crippen LogP contribution in [0.4, 0.5) is 5.69 Å². The third-order valence-electron chi connectivity index (χ3n) is 6.76. The van der Waals surface area contributed by atoms with Gasteiger partial charge in [0.05, 0.1) is 24.8 Å². The molecule has 196 valence electrons. The Balaban J connectivity index is 1.24. The fourth-order valence-corrected chi connectivity index (χ4v) is 5.69. The molecular formula is C30H37N3O3S. The number of hydrogen-bond acceptors (Lipinski definition) is 6. The molecule has 37 heavy (non-hydrogen) atoms. The van der Waals surface area contributed by atoms with Crippen molar-refractivity contribution in [3.8, 4) is 11.5 Å². The van der Waals surface area contributed by atoms with Gasteiger partial charge in [-0.05, 0) is 48.9 Å². The average Bonchev–Trinajstić information content (AvgIpc) is 2.94. The quantitative estimate of drug-likeness (QED) is 0.337. The molecular weight excluding hydrogens is 482 g/mol. The zero-order valence-electron chi connectivity index (χ0n) is 22.1. The molecule has 3 aromatic carbocycles. The third-order valence-corrected chi connectivity index (χ3v) is 7.93. The van der Waals surface area contributed by atoms with E-state index in [-0.39, 0.29) is 5.91 Å². The van der Waals surface area contributed by atoms with Crippen LogP contribution in [0.2, 0.25) is 0 Å². The van der Waals surface area contributed by atoms with E-state index in [4.69, 9.17) is 9.47 Å². The van der Waals surface area contributed by atoms with E-state index in [0.29, 0.717) is 13.0 Å². The number of carbonyl (C=O) groups excluding carboxylic acids is 1. The van der Waals surface area contributed by atoms with Crippen molar-refractivity contribution in [1.82, 2.24) is 9.80 Å². The predicted octanol–water partition coefficient (Wildman–Crippen LogP) is 5.42. The number of piperazine rings is 1. The van der Waals surface area contributed by atoms with Gasteiger partial charge in [0.25, 0.3) is 0 Å². The molecule has 6 nitrogen and oxygen atoms in total. The van der Waals surface area contributed by atoms with Gasteiger partial charge in [0, 0.05) is 51.1 Å². The molecule has 1 aliphatic heterocycles. The number of ether oxygens (including phenoxy) is 2. The molecule has 0 N–H and O–H groups in total. The molecule has 0 spiro atoms. The summed E-state index contributed by atoms with van der Waals surface area (Å²) in [6.45, 7) is 5.46. The number of methoxy groups -OCH3 is 2. The molecule has 7 heteroatoms. The highest BCUT2D eigenvalue weighted by atomic mass is 32.2. The van der Waals surface area contributed by atoms with Crippen LogP contribution in [0.25, 0.3) is 0 Å². The van der Waals surface area contributed by atoms with E-state index in [1.54, 1.807) is 26.0 Å². The van der Waals surface area contributed by atoms with Gasteiger partial charge in [0.1, 0.15) is 11.5 Å². The lowest BCUT2D eigenvalue weighted by Crippen LogP contribution is -2.46. The standard InChI is InChI=1S/C30H37N3O3S/c1-31(23-24-11-4-8-15-28(24)37-29-16-9-7-14-27(29)36-3)30(34)17-10-18-32-19-21-33(22-20-32)25-12-5-6-13-26(25)35-2/h4-9,11-16H,10,17-23H2,1-3H3. The molecule has 3 aromatic rings. The maximum absolute atomic E-state index is 12.9. The van der Waals surface area contributed by atoms with E-state index < -0.39 is 0 Å². The van der Waals surface area contributed by atoms with Gasteiger partial charge in [-0.25, -0.2) is 0 Å². The zero-order chi connectivity index (χ0) is 26.0. The maximum Gasteiger partial charge on any atom is 0.222 e. The van der Waals surface area contributed by atoms with Crippen LogP contribution in [-0.4, -0.2) is 69.7 Å². The normalized spacial score (nSPS) is 13.9. The van der Waals surface area contributed by atoms with Crippen LogP contribution in [0.3, 0.4) is 0 Å². The Hall–Kier alpha value is -3.16. The van der Waals surface area contributed by atoms with Crippen LogP contribution in [-0.2, 0) is 11.3 Å². The second-order valence-electron chi connectivity index (χ2n) is 9.21. The van der Waals surface area contributed by atoms with Crippen molar-refractivity contribution in [2.24, 2.45) is 0 Å². The number of carbonyl (C=O) groups is 1. The molecule has 0 saturated carbocycles. The van der Waals surface area contributed by atoms with E-state index in [1.807, 2.05) is 54.4 Å². The largest absolute Gasteiger partial charge is 0.496 e. The van der Waals surface area contributed by atoms with Crippen LogP contribution >= 0.6 is 11.8 Å². The minimum atomic E-state index is 0.185. The van der Waals surface area contributed by atoms with E-state index >= 15 is 0 Å². The summed E-state index contributed by atoms with van der Waals surface area (Å²) in [5.41, 5.74) is 2.30. The molecule has 0 aliphatic carbocycles. The first-order valence-corrected chi connectivity index (χ1v) is 13.6. The molecule has 1 saturated heterocycles. The summed E-state index contributed by atoms with van der Waals surface area (Å²) in [5.74, 6) is 1.97. The zero-order valence-corrected chi connectivity index (χ0v) is 22.9. The molecule has 0 bridgehead atoms. The van der Waals surface area contributed by atoms with Gasteiger partial charge >= 0.3 is 0 Å². The topological polar surface area (TPSA) is 45.2 Å². The van der Waals surface area contributed by atoms with E-state index in [0.717, 1.165) is 71.7 Å². The molecule has 0 radical (unpaired) electrons. The van der Waals surface area contributed by atoms with Crippen LogP contribution in [0.1, 0.15) is 18.4 Å². The summed E-state index contributed by atoms with van der Waals surface area (Å²) in [5, 5.41) is 0. The molecule has 4 rings (SSSR count). The van der Waals surface area contributed by atoms with E-state index in [9.17, 15) is 4.79 Å². The van der Waals surface area contributed by atoms with Crippen molar-refractivity contribution in [1.29, 1.82) is 0 Å². The highest BCUT2D eigenvalue weighted by molar-refractivity contribution is 7.99. The number of para-hydroxylation sites is 3. The maximum atomic E-state index is 12.9. The Kier molecular flexibility index (Phi) is 9.74. The Labute approximate surface area is 225 Å². The lowest BCUT2D eigenvalue weighted by molar-refractivity contribution is -0.130. The number of anilines is 1. The minimum Gasteiger partial charge on any atom is -0.496 e. The number of benzene rings is 3. The summed E-state index contributed by atoms with van der Waals surface area (Å²) in [6.07, 6.45) is 1.43. The Morgan fingerprint density at radius 2 is 1.46 bits per heavy atom. The van der Waals surface area contributed by atoms with Crippen molar-refractivity contribution in [2.75, 3.05) is 58.9 Å². The molecule has 1 amide bonds. The molecule has 0 atom stereocenters. The van der Waals surface area contributed by atoms with E-state index in [2.05, 4.69) is 40.1 Å². The second kappa shape index (κ2) is 13.4. The van der Waals surface area contributed by atoms with E-state index in [1.165, 1.54) is 0 Å². The van der Waals surface area contributed by atoms with Gasteiger partial charge < -0.3 is 19.3 Å². The van der Waals surface area contributed by atoms with Gasteiger partial charge in [0.2, 0.25) is 5.91 Å². The summed E-state index contributed by atoms with van der Waals surface area (Å²) in [7, 11) is 5.32. The van der Waals surface area contributed by atoms with Crippen molar-refractivity contribution in [3.05, 3.63) is 78.4 Å². The lowest BCUT2D eigenvalue weighted by atomic mass is 10.2. The van der Waals surface area contributed by atoms with Crippen molar-refractivity contribution in [2.45, 2.75) is 29.2 Å². The molecule has 1 fully saturated rings. The van der Waals surface area contributed by atoms with Gasteiger partial charge in [0.15, 0.2) is 0 Å². The molecule has 0 aromatic heterocycles. The van der Waals surface area contributed by atoms with Crippen LogP contribution < -0.4 is 14.4 Å². The third kappa shape index (κ3) is 7.21. The first kappa shape index (κ1) is 26.9. The monoisotopic (exact) mass is 519 g/mol. The molecule has 1 aliphatic rings. The van der Waals surface area contributed by atoms with Crippen LogP contribution in [0, 0.1) is 0 Å². The Morgan fingerprint density at radius 1 is 0.838 bits per heavy atom. The predicted molar refractivity (Wildman–Crippen MR) is 151 cm³/mol. The van der Waals surface area contributed by atoms with Crippen molar-refractivity contribution < 1.29 is 14.3 Å². The SMILES string of the molecule is COc1ccccc1Sc1ccccc1CN(C)C(=O)CCCN1CCN(c2ccccc2OC)CC1. The average molecular weight is 520 g/mol. The van der Waals surface area contributed by atoms with Gasteiger partial charge in [-0.3, -0.25) is 9.69 Å². The number of amides is 1. The van der Waals surface area contributed by atoms with Crippen LogP contribution in [0.5, 0.6) is 11.5 Å². The summed E-state index contributed by atoms with van der Waals surface area (Å²) < 4.78 is 11.0. The Bertz CT molecular complexity index is 1160. The first-order valence-electron chi connectivity index (χ1n) is 12.8. The fraction of sp³-hybridized carbons (Fsp3) is 0.367. The first-order chi connectivity index (χ1) is 18.1. The minimum absolute atomic E-state index is 0.185. The van der Waals surface area contributed by atoms with Crippen molar-refractivity contribution >= 4 is 23.4 Å². The van der Waals surface area contributed by atoms with Gasteiger partial charge in [-0.2, -0.15) is 0 Å². The number of nitrogens with zero attached hydrogens (tertiary/aromatic N) is 3. The van der Waals surface area contributed by atoms with Gasteiger partial charge in [-0.15, -0.1) is 0 Å². The second-order valence-corrected chi connectivity index (χ2v) is 10.3. The van der Waals surface area contributed by atoms with Gasteiger partial charge in [-0.1, -0.05) is 54.2 Å². The summed E-state index contributed by atoms with van der Waals surface area (Å²) in [4.78, 5) is 21.8. The number of hydrogen-bond donors (Lipinski definition) is 0. The number of rotatable bonds is 11. The summed E-state index contributed by atoms with van der Waals surface area (Å²) in [6, 6.07) is 24.5. The van der Waals surface area contributed by atoms with Crippen molar-refractivity contribution in [3.63, 3.8) is 0 Å². The highest BCUT2D eigenvalue weighted by Crippen LogP contribution is 2.36. The molecule has 0 unspecified atom stereocenters. The lowest BCUT2D eigenvalue weighted by Gasteiger charge is -2.36. The Morgan fingerprint density at radius 3 is 2.19 bits per heavy atom. The fourth-order valence-electron chi connectivity index (χ4n) is 4.65. The van der Waals surface area contributed by atoms with Crippen LogP contribution in [0.15, 0.2) is 82.6 Å². The molecule has 1 heterocycles. The highest BCUT2D eigenvalue weighted by Gasteiger charge is 2.20. The summed E-state index contributed by atoms with van der Waals surface area (Å²) >= 11 is 1.68.